The van der Waals surface area contributed by atoms with Gasteiger partial charge in [-0.2, -0.15) is 4.57 Å². The molecule has 7 nitrogen and oxygen atoms in total. The molecule has 0 spiro atoms. The van der Waals surface area contributed by atoms with Gasteiger partial charge in [-0.05, 0) is 25.3 Å². The molecule has 2 aromatic heterocycles. The summed E-state index contributed by atoms with van der Waals surface area (Å²) in [6.07, 6.45) is 4.12. The molecule has 0 bridgehead atoms. The molecular weight excluding hydrogens is 330 g/mol. The molecular formula is C19H21N5O2. The molecule has 134 valence electrons. The average molecular weight is 351 g/mol. The normalized spacial score (nSPS) is 14.3. The van der Waals surface area contributed by atoms with Gasteiger partial charge in [-0.1, -0.05) is 29.8 Å². The SMILES string of the molecule is Cc1ccc(Cc2ncc3c(n2)n(C(=O)N2CCCC2)c(=O)n3C)cc1. The van der Waals surface area contributed by atoms with Crippen LogP contribution in [0, 0.1) is 6.92 Å². The number of carbonyl (C=O) groups is 1. The van der Waals surface area contributed by atoms with Crippen LogP contribution in [0.2, 0.25) is 0 Å². The minimum absolute atomic E-state index is 0.293. The lowest BCUT2D eigenvalue weighted by Crippen LogP contribution is -2.38. The van der Waals surface area contributed by atoms with E-state index in [1.165, 1.54) is 14.7 Å². The van der Waals surface area contributed by atoms with Crippen LogP contribution in [0.1, 0.15) is 29.8 Å². The first kappa shape index (κ1) is 16.5. The number of rotatable bonds is 2. The van der Waals surface area contributed by atoms with Crippen LogP contribution in [-0.4, -0.2) is 43.1 Å². The molecule has 0 saturated carbocycles. The van der Waals surface area contributed by atoms with E-state index in [4.69, 9.17) is 0 Å². The molecule has 0 N–H and O–H groups in total. The Morgan fingerprint density at radius 3 is 2.54 bits per heavy atom. The van der Waals surface area contributed by atoms with E-state index < -0.39 is 0 Å². The van der Waals surface area contributed by atoms with Crippen molar-refractivity contribution in [2.24, 2.45) is 7.05 Å². The first-order chi connectivity index (χ1) is 12.5. The van der Waals surface area contributed by atoms with Gasteiger partial charge in [0.15, 0.2) is 5.65 Å². The van der Waals surface area contributed by atoms with E-state index in [2.05, 4.69) is 9.97 Å². The van der Waals surface area contributed by atoms with Crippen molar-refractivity contribution in [1.29, 1.82) is 0 Å². The average Bonchev–Trinajstić information content (AvgIpc) is 3.25. The Balaban J connectivity index is 1.76. The minimum atomic E-state index is -0.376. The number of imidazole rings is 1. The summed E-state index contributed by atoms with van der Waals surface area (Å²) < 4.78 is 2.61. The Labute approximate surface area is 150 Å². The lowest BCUT2D eigenvalue weighted by molar-refractivity contribution is 0.210. The van der Waals surface area contributed by atoms with E-state index in [-0.39, 0.29) is 11.7 Å². The van der Waals surface area contributed by atoms with Crippen molar-refractivity contribution >= 4 is 17.2 Å². The van der Waals surface area contributed by atoms with Crippen molar-refractivity contribution in [2.45, 2.75) is 26.2 Å². The summed E-state index contributed by atoms with van der Waals surface area (Å²) in [7, 11) is 1.64. The molecule has 1 fully saturated rings. The molecule has 0 aliphatic carbocycles. The van der Waals surface area contributed by atoms with Gasteiger partial charge >= 0.3 is 11.7 Å². The Bertz CT molecular complexity index is 1030. The molecule has 3 heterocycles. The highest BCUT2D eigenvalue weighted by molar-refractivity contribution is 5.87. The van der Waals surface area contributed by atoms with Gasteiger partial charge in [-0.15, -0.1) is 0 Å². The molecule has 1 saturated heterocycles. The largest absolute Gasteiger partial charge is 0.338 e. The number of fused-ring (bicyclic) bond motifs is 1. The monoisotopic (exact) mass is 351 g/mol. The van der Waals surface area contributed by atoms with Gasteiger partial charge in [0.2, 0.25) is 0 Å². The van der Waals surface area contributed by atoms with E-state index in [1.807, 2.05) is 31.2 Å². The summed E-state index contributed by atoms with van der Waals surface area (Å²) in [4.78, 5) is 36.1. The van der Waals surface area contributed by atoms with Crippen molar-refractivity contribution in [3.8, 4) is 0 Å². The first-order valence-electron chi connectivity index (χ1n) is 8.83. The van der Waals surface area contributed by atoms with E-state index in [0.29, 0.717) is 36.5 Å². The zero-order valence-electron chi connectivity index (χ0n) is 15.0. The predicted octanol–water partition coefficient (Wildman–Crippen LogP) is 2.09. The van der Waals surface area contributed by atoms with Crippen LogP contribution < -0.4 is 5.69 Å². The summed E-state index contributed by atoms with van der Waals surface area (Å²) in [5.74, 6) is 0.593. The lowest BCUT2D eigenvalue weighted by atomic mass is 10.1. The smallest absolute Gasteiger partial charge is 0.324 e. The van der Waals surface area contributed by atoms with E-state index >= 15 is 0 Å². The van der Waals surface area contributed by atoms with Gasteiger partial charge in [0.1, 0.15) is 11.3 Å². The van der Waals surface area contributed by atoms with Gasteiger partial charge in [0.05, 0.1) is 6.20 Å². The molecule has 1 amide bonds. The lowest BCUT2D eigenvalue weighted by Gasteiger charge is -2.14. The van der Waals surface area contributed by atoms with Crippen LogP contribution in [0.4, 0.5) is 4.79 Å². The van der Waals surface area contributed by atoms with Gasteiger partial charge in [0, 0.05) is 26.6 Å². The van der Waals surface area contributed by atoms with Gasteiger partial charge in [-0.3, -0.25) is 4.57 Å². The Hall–Kier alpha value is -2.96. The second-order valence-corrected chi connectivity index (χ2v) is 6.81. The van der Waals surface area contributed by atoms with Crippen LogP contribution >= 0.6 is 0 Å². The predicted molar refractivity (Wildman–Crippen MR) is 98.4 cm³/mol. The molecule has 1 aliphatic heterocycles. The number of benzene rings is 1. The van der Waals surface area contributed by atoms with E-state index in [0.717, 1.165) is 18.4 Å². The number of aromatic nitrogens is 4. The molecule has 4 rings (SSSR count). The zero-order chi connectivity index (χ0) is 18.3. The highest BCUT2D eigenvalue weighted by Crippen LogP contribution is 2.15. The number of hydrogen-bond acceptors (Lipinski definition) is 4. The van der Waals surface area contributed by atoms with Crippen molar-refractivity contribution in [1.82, 2.24) is 24.0 Å². The third-order valence-corrected chi connectivity index (χ3v) is 4.90. The number of likely N-dealkylation sites (tertiary alicyclic amines) is 1. The van der Waals surface area contributed by atoms with Crippen molar-refractivity contribution in [3.05, 3.63) is 57.9 Å². The molecule has 0 unspecified atom stereocenters. The molecule has 0 radical (unpaired) electrons. The maximum Gasteiger partial charge on any atom is 0.338 e. The molecule has 7 heteroatoms. The second kappa shape index (κ2) is 6.40. The summed E-state index contributed by atoms with van der Waals surface area (Å²) in [6.45, 7) is 3.41. The fraction of sp³-hybridized carbons (Fsp3) is 0.368. The topological polar surface area (TPSA) is 73.0 Å². The van der Waals surface area contributed by atoms with Gasteiger partial charge in [-0.25, -0.2) is 19.6 Å². The first-order valence-corrected chi connectivity index (χ1v) is 8.83. The fourth-order valence-electron chi connectivity index (χ4n) is 3.34. The standard InChI is InChI=1S/C19H21N5O2/c1-13-5-7-14(8-6-13)11-16-20-12-15-17(21-16)24(18(25)22(15)2)19(26)23-9-3-4-10-23/h5-8,12H,3-4,9-11H2,1-2H3. The third kappa shape index (κ3) is 2.79. The molecule has 1 aromatic carbocycles. The van der Waals surface area contributed by atoms with Crippen molar-refractivity contribution in [2.75, 3.05) is 13.1 Å². The van der Waals surface area contributed by atoms with Gasteiger partial charge in [0.25, 0.3) is 0 Å². The fourth-order valence-corrected chi connectivity index (χ4v) is 3.34. The summed E-state index contributed by atoms with van der Waals surface area (Å²) in [5.41, 5.74) is 2.85. The highest BCUT2D eigenvalue weighted by Gasteiger charge is 2.25. The van der Waals surface area contributed by atoms with Gasteiger partial charge < -0.3 is 4.90 Å². The maximum absolute atomic E-state index is 12.8. The van der Waals surface area contributed by atoms with Crippen LogP contribution in [0.3, 0.4) is 0 Å². The molecule has 26 heavy (non-hydrogen) atoms. The van der Waals surface area contributed by atoms with Crippen LogP contribution in [0.5, 0.6) is 0 Å². The summed E-state index contributed by atoms with van der Waals surface area (Å²) >= 11 is 0. The summed E-state index contributed by atoms with van der Waals surface area (Å²) in [5, 5.41) is 0. The number of aryl methyl sites for hydroxylation is 2. The van der Waals surface area contributed by atoms with E-state index in [9.17, 15) is 9.59 Å². The van der Waals surface area contributed by atoms with Crippen LogP contribution in [0.15, 0.2) is 35.3 Å². The zero-order valence-corrected chi connectivity index (χ0v) is 15.0. The quantitative estimate of drug-likeness (QED) is 0.709. The second-order valence-electron chi connectivity index (χ2n) is 6.81. The van der Waals surface area contributed by atoms with Crippen LogP contribution in [0.25, 0.3) is 11.2 Å². The number of carbonyl (C=O) groups excluding carboxylic acids is 1. The highest BCUT2D eigenvalue weighted by atomic mass is 16.2. The molecule has 0 atom stereocenters. The minimum Gasteiger partial charge on any atom is -0.324 e. The number of amides is 1. The molecule has 3 aromatic rings. The third-order valence-electron chi connectivity index (χ3n) is 4.90. The molecule has 1 aliphatic rings. The van der Waals surface area contributed by atoms with E-state index in [1.54, 1.807) is 18.1 Å². The maximum atomic E-state index is 12.8. The van der Waals surface area contributed by atoms with Crippen molar-refractivity contribution < 1.29 is 4.79 Å². The van der Waals surface area contributed by atoms with Crippen molar-refractivity contribution in [3.63, 3.8) is 0 Å². The Morgan fingerprint density at radius 1 is 1.15 bits per heavy atom. The Kier molecular flexibility index (Phi) is 4.06. The summed E-state index contributed by atoms with van der Waals surface area (Å²) in [6, 6.07) is 7.87. The number of hydrogen-bond donors (Lipinski definition) is 0. The number of nitrogens with zero attached hydrogens (tertiary/aromatic N) is 5. The Morgan fingerprint density at radius 2 is 1.85 bits per heavy atom. The van der Waals surface area contributed by atoms with Crippen LogP contribution in [-0.2, 0) is 13.5 Å².